The maximum absolute atomic E-state index is 5.76. The molecule has 0 unspecified atom stereocenters. The normalized spacial score (nSPS) is 11.4. The largest absolute Gasteiger partial charge is 0.492 e. The molecule has 24 heavy (non-hydrogen) atoms. The topological polar surface area (TPSA) is 75.8 Å². The van der Waals surface area contributed by atoms with Crippen LogP contribution in [0.3, 0.4) is 0 Å². The third-order valence-electron chi connectivity index (χ3n) is 3.35. The van der Waals surface area contributed by atoms with E-state index < -0.39 is 0 Å². The van der Waals surface area contributed by atoms with E-state index in [9.17, 15) is 0 Å². The van der Waals surface area contributed by atoms with E-state index in [1.165, 1.54) is 5.56 Å². The number of aliphatic imine (C=N–C) groups is 1. The van der Waals surface area contributed by atoms with E-state index in [0.717, 1.165) is 18.3 Å². The standard InChI is InChI=1S/C17H25N5O2/c1-5-18-17(19-12-16-20-14(3)24-21-16)22(4)10-11-23-15-8-6-13(2)7-9-15/h6-9H,5,10-12H2,1-4H3,(H,18,19). The lowest BCUT2D eigenvalue weighted by Crippen LogP contribution is -2.40. The quantitative estimate of drug-likeness (QED) is 0.619. The SMILES string of the molecule is CCNC(=NCc1noc(C)n1)N(C)CCOc1ccc(C)cc1. The number of ether oxygens (including phenoxy) is 1. The van der Waals surface area contributed by atoms with Crippen LogP contribution in [-0.4, -0.2) is 47.7 Å². The summed E-state index contributed by atoms with van der Waals surface area (Å²) in [4.78, 5) is 10.7. The van der Waals surface area contributed by atoms with Gasteiger partial charge in [-0.05, 0) is 26.0 Å². The van der Waals surface area contributed by atoms with Crippen LogP contribution in [0.25, 0.3) is 0 Å². The lowest BCUT2D eigenvalue weighted by Gasteiger charge is -2.22. The first-order valence-corrected chi connectivity index (χ1v) is 8.06. The summed E-state index contributed by atoms with van der Waals surface area (Å²) in [5, 5.41) is 7.10. The molecular weight excluding hydrogens is 306 g/mol. The molecule has 0 atom stereocenters. The van der Waals surface area contributed by atoms with Crippen molar-refractivity contribution in [2.45, 2.75) is 27.3 Å². The summed E-state index contributed by atoms with van der Waals surface area (Å²) in [6, 6.07) is 8.04. The summed E-state index contributed by atoms with van der Waals surface area (Å²) in [5.41, 5.74) is 1.22. The maximum Gasteiger partial charge on any atom is 0.223 e. The second kappa shape index (κ2) is 8.90. The van der Waals surface area contributed by atoms with Crippen LogP contribution in [0, 0.1) is 13.8 Å². The number of hydrogen-bond acceptors (Lipinski definition) is 5. The Morgan fingerprint density at radius 1 is 1.29 bits per heavy atom. The lowest BCUT2D eigenvalue weighted by atomic mass is 10.2. The second-order valence-electron chi connectivity index (χ2n) is 5.48. The van der Waals surface area contributed by atoms with Gasteiger partial charge in [-0.1, -0.05) is 22.9 Å². The molecule has 0 fully saturated rings. The van der Waals surface area contributed by atoms with Crippen molar-refractivity contribution in [3.8, 4) is 5.75 Å². The summed E-state index contributed by atoms with van der Waals surface area (Å²) >= 11 is 0. The molecule has 0 aliphatic rings. The van der Waals surface area contributed by atoms with Gasteiger partial charge >= 0.3 is 0 Å². The molecule has 1 aromatic heterocycles. The Morgan fingerprint density at radius 3 is 2.67 bits per heavy atom. The molecule has 1 aromatic carbocycles. The highest BCUT2D eigenvalue weighted by Gasteiger charge is 2.07. The first-order valence-electron chi connectivity index (χ1n) is 8.06. The fourth-order valence-corrected chi connectivity index (χ4v) is 2.06. The molecule has 0 spiro atoms. The third-order valence-corrected chi connectivity index (χ3v) is 3.35. The molecule has 0 radical (unpaired) electrons. The van der Waals surface area contributed by atoms with Crippen LogP contribution in [-0.2, 0) is 6.54 Å². The Hall–Kier alpha value is -2.57. The van der Waals surface area contributed by atoms with E-state index in [-0.39, 0.29) is 0 Å². The van der Waals surface area contributed by atoms with Crippen molar-refractivity contribution < 1.29 is 9.26 Å². The Morgan fingerprint density at radius 2 is 2.04 bits per heavy atom. The van der Waals surface area contributed by atoms with E-state index in [4.69, 9.17) is 9.26 Å². The van der Waals surface area contributed by atoms with E-state index in [0.29, 0.717) is 31.4 Å². The van der Waals surface area contributed by atoms with Crippen molar-refractivity contribution in [3.05, 3.63) is 41.5 Å². The zero-order chi connectivity index (χ0) is 17.4. The van der Waals surface area contributed by atoms with Crippen molar-refractivity contribution in [3.63, 3.8) is 0 Å². The van der Waals surface area contributed by atoms with Gasteiger partial charge in [0, 0.05) is 20.5 Å². The van der Waals surface area contributed by atoms with Crippen LogP contribution in [0.15, 0.2) is 33.8 Å². The monoisotopic (exact) mass is 331 g/mol. The predicted octanol–water partition coefficient (Wildman–Crippen LogP) is 2.16. The predicted molar refractivity (Wildman–Crippen MR) is 93.2 cm³/mol. The minimum absolute atomic E-state index is 0.378. The van der Waals surface area contributed by atoms with Gasteiger partial charge in [-0.25, -0.2) is 4.99 Å². The number of rotatable bonds is 7. The molecular formula is C17H25N5O2. The number of hydrogen-bond donors (Lipinski definition) is 1. The molecule has 2 rings (SSSR count). The van der Waals surface area contributed by atoms with Crippen LogP contribution in [0.1, 0.15) is 24.2 Å². The zero-order valence-electron chi connectivity index (χ0n) is 14.7. The molecule has 0 amide bonds. The lowest BCUT2D eigenvalue weighted by molar-refractivity contribution is 0.281. The van der Waals surface area contributed by atoms with Crippen LogP contribution in [0.4, 0.5) is 0 Å². The van der Waals surface area contributed by atoms with Gasteiger partial charge in [0.2, 0.25) is 5.89 Å². The molecule has 130 valence electrons. The van der Waals surface area contributed by atoms with Gasteiger partial charge in [0.15, 0.2) is 11.8 Å². The molecule has 1 heterocycles. The van der Waals surface area contributed by atoms with Crippen molar-refractivity contribution in [1.82, 2.24) is 20.4 Å². The van der Waals surface area contributed by atoms with Crippen molar-refractivity contribution in [2.75, 3.05) is 26.7 Å². The third kappa shape index (κ3) is 5.57. The number of guanidine groups is 1. The number of nitrogens with zero attached hydrogens (tertiary/aromatic N) is 4. The summed E-state index contributed by atoms with van der Waals surface area (Å²) in [5.74, 6) is 2.78. The van der Waals surface area contributed by atoms with E-state index >= 15 is 0 Å². The van der Waals surface area contributed by atoms with E-state index in [2.05, 4.69) is 27.4 Å². The summed E-state index contributed by atoms with van der Waals surface area (Å²) in [6.45, 7) is 8.30. The zero-order valence-corrected chi connectivity index (χ0v) is 14.7. The Labute approximate surface area is 142 Å². The highest BCUT2D eigenvalue weighted by atomic mass is 16.5. The average Bonchev–Trinajstić information content (AvgIpc) is 2.98. The molecule has 0 saturated carbocycles. The number of aryl methyl sites for hydroxylation is 2. The molecule has 7 nitrogen and oxygen atoms in total. The number of likely N-dealkylation sites (N-methyl/N-ethyl adjacent to an activating group) is 1. The molecule has 0 aliphatic heterocycles. The Kier molecular flexibility index (Phi) is 6.60. The van der Waals surface area contributed by atoms with Crippen LogP contribution >= 0.6 is 0 Å². The summed E-state index contributed by atoms with van der Waals surface area (Å²) in [7, 11) is 1.97. The minimum Gasteiger partial charge on any atom is -0.492 e. The van der Waals surface area contributed by atoms with Gasteiger partial charge in [-0.3, -0.25) is 0 Å². The molecule has 0 bridgehead atoms. The first kappa shape index (κ1) is 17.8. The summed E-state index contributed by atoms with van der Waals surface area (Å²) < 4.78 is 10.7. The van der Waals surface area contributed by atoms with Gasteiger partial charge in [-0.15, -0.1) is 0 Å². The number of aromatic nitrogens is 2. The molecule has 2 aromatic rings. The van der Waals surface area contributed by atoms with E-state index in [1.807, 2.05) is 43.1 Å². The van der Waals surface area contributed by atoms with Gasteiger partial charge in [-0.2, -0.15) is 4.98 Å². The van der Waals surface area contributed by atoms with Gasteiger partial charge in [0.05, 0.1) is 6.54 Å². The Balaban J connectivity index is 1.85. The van der Waals surface area contributed by atoms with E-state index in [1.54, 1.807) is 6.92 Å². The van der Waals surface area contributed by atoms with Crippen LogP contribution < -0.4 is 10.1 Å². The molecule has 1 N–H and O–H groups in total. The van der Waals surface area contributed by atoms with Crippen molar-refractivity contribution in [2.24, 2.45) is 4.99 Å². The van der Waals surface area contributed by atoms with Gasteiger partial charge < -0.3 is 19.5 Å². The van der Waals surface area contributed by atoms with Crippen LogP contribution in [0.5, 0.6) is 5.75 Å². The first-order chi connectivity index (χ1) is 11.6. The number of nitrogens with one attached hydrogen (secondary N) is 1. The van der Waals surface area contributed by atoms with Crippen LogP contribution in [0.2, 0.25) is 0 Å². The fraction of sp³-hybridized carbons (Fsp3) is 0.471. The minimum atomic E-state index is 0.378. The van der Waals surface area contributed by atoms with Gasteiger partial charge in [0.25, 0.3) is 0 Å². The maximum atomic E-state index is 5.76. The molecule has 7 heteroatoms. The smallest absolute Gasteiger partial charge is 0.223 e. The Bertz CT molecular complexity index is 651. The molecule has 0 aliphatic carbocycles. The fourth-order valence-electron chi connectivity index (χ4n) is 2.06. The van der Waals surface area contributed by atoms with Crippen molar-refractivity contribution >= 4 is 5.96 Å². The second-order valence-corrected chi connectivity index (χ2v) is 5.48. The number of benzene rings is 1. The highest BCUT2D eigenvalue weighted by Crippen LogP contribution is 2.11. The summed E-state index contributed by atoms with van der Waals surface area (Å²) in [6.07, 6.45) is 0. The van der Waals surface area contributed by atoms with Gasteiger partial charge in [0.1, 0.15) is 18.9 Å². The average molecular weight is 331 g/mol. The molecule has 0 saturated heterocycles. The van der Waals surface area contributed by atoms with Crippen molar-refractivity contribution in [1.29, 1.82) is 0 Å². The highest BCUT2D eigenvalue weighted by molar-refractivity contribution is 5.79.